The molecule has 0 bridgehead atoms. The van der Waals surface area contributed by atoms with Gasteiger partial charge in [-0.1, -0.05) is 45.0 Å². The van der Waals surface area contributed by atoms with Gasteiger partial charge in [-0.25, -0.2) is 0 Å². The van der Waals surface area contributed by atoms with Gasteiger partial charge in [0.25, 0.3) is 0 Å². The summed E-state index contributed by atoms with van der Waals surface area (Å²) in [4.78, 5) is 14.4. The first-order valence-electron chi connectivity index (χ1n) is 7.01. The summed E-state index contributed by atoms with van der Waals surface area (Å²) >= 11 is 0. The Morgan fingerprint density at radius 1 is 1.26 bits per heavy atom. The van der Waals surface area contributed by atoms with Crippen LogP contribution in [0.15, 0.2) is 24.3 Å². The number of hydrogen-bond acceptors (Lipinski definition) is 2. The van der Waals surface area contributed by atoms with Gasteiger partial charge < -0.3 is 10.6 Å². The molecule has 104 valence electrons. The Labute approximate surface area is 115 Å². The molecule has 0 aliphatic carbocycles. The molecule has 0 radical (unpaired) electrons. The number of fused-ring (bicyclic) bond motifs is 1. The fourth-order valence-electron chi connectivity index (χ4n) is 2.46. The second-order valence-corrected chi connectivity index (χ2v) is 6.48. The first-order valence-corrected chi connectivity index (χ1v) is 7.01. The number of carbonyl (C=O) groups excluding carboxylic acids is 1. The number of benzene rings is 1. The fourth-order valence-corrected chi connectivity index (χ4v) is 2.46. The van der Waals surface area contributed by atoms with E-state index in [0.29, 0.717) is 6.54 Å². The summed E-state index contributed by atoms with van der Waals surface area (Å²) in [6, 6.07) is 7.95. The lowest BCUT2D eigenvalue weighted by atomic mass is 9.86. The zero-order valence-corrected chi connectivity index (χ0v) is 12.1. The monoisotopic (exact) mass is 260 g/mol. The second kappa shape index (κ2) is 5.33. The maximum Gasteiger partial charge on any atom is 0.240 e. The molecule has 0 fully saturated rings. The van der Waals surface area contributed by atoms with E-state index in [2.05, 4.69) is 18.2 Å². The molecule has 1 heterocycles. The van der Waals surface area contributed by atoms with E-state index in [4.69, 9.17) is 5.73 Å². The van der Waals surface area contributed by atoms with E-state index in [1.165, 1.54) is 11.1 Å². The van der Waals surface area contributed by atoms with Crippen LogP contribution in [-0.4, -0.2) is 23.4 Å². The topological polar surface area (TPSA) is 46.3 Å². The third-order valence-corrected chi connectivity index (χ3v) is 3.86. The van der Waals surface area contributed by atoms with E-state index in [-0.39, 0.29) is 11.3 Å². The highest BCUT2D eigenvalue weighted by atomic mass is 16.2. The molecule has 0 unspecified atom stereocenters. The molecule has 0 saturated heterocycles. The normalized spacial score (nSPS) is 17.6. The molecule has 3 nitrogen and oxygen atoms in total. The molecular weight excluding hydrogens is 236 g/mol. The van der Waals surface area contributed by atoms with Gasteiger partial charge in [-0.3, -0.25) is 4.79 Å². The zero-order valence-electron chi connectivity index (χ0n) is 12.1. The van der Waals surface area contributed by atoms with E-state index in [1.54, 1.807) is 0 Å². The maximum atomic E-state index is 12.5. The number of aryl methyl sites for hydroxylation is 1. The molecule has 1 aromatic carbocycles. The van der Waals surface area contributed by atoms with E-state index >= 15 is 0 Å². The zero-order chi connectivity index (χ0) is 14.0. The molecule has 0 aromatic heterocycles. The number of carbonyl (C=O) groups is 1. The maximum absolute atomic E-state index is 12.5. The smallest absolute Gasteiger partial charge is 0.240 e. The van der Waals surface area contributed by atoms with Crippen molar-refractivity contribution in [1.29, 1.82) is 0 Å². The van der Waals surface area contributed by atoms with Crippen molar-refractivity contribution in [3.8, 4) is 0 Å². The predicted molar refractivity (Wildman–Crippen MR) is 77.6 cm³/mol. The van der Waals surface area contributed by atoms with Crippen molar-refractivity contribution in [3.05, 3.63) is 35.4 Å². The van der Waals surface area contributed by atoms with Gasteiger partial charge in [0.2, 0.25) is 5.91 Å². The number of rotatable bonds is 1. The second-order valence-electron chi connectivity index (χ2n) is 6.48. The summed E-state index contributed by atoms with van der Waals surface area (Å²) in [6.45, 7) is 7.54. The minimum Gasteiger partial charge on any atom is -0.337 e. The van der Waals surface area contributed by atoms with Gasteiger partial charge in [-0.15, -0.1) is 0 Å². The number of nitrogens with zero attached hydrogens (tertiary/aromatic N) is 1. The SMILES string of the molecule is CC(C)(C)[C@@H](N)C(=O)N1CCCc2ccccc2C1. The van der Waals surface area contributed by atoms with Crippen LogP contribution in [0.25, 0.3) is 0 Å². The molecule has 1 aliphatic rings. The van der Waals surface area contributed by atoms with Gasteiger partial charge in [0.1, 0.15) is 0 Å². The van der Waals surface area contributed by atoms with Crippen LogP contribution in [0.1, 0.15) is 38.3 Å². The molecule has 2 N–H and O–H groups in total. The van der Waals surface area contributed by atoms with Crippen LogP contribution < -0.4 is 5.73 Å². The van der Waals surface area contributed by atoms with E-state index < -0.39 is 6.04 Å². The summed E-state index contributed by atoms with van der Waals surface area (Å²) in [6.07, 6.45) is 2.06. The lowest BCUT2D eigenvalue weighted by Gasteiger charge is -2.31. The molecule has 1 aliphatic heterocycles. The summed E-state index contributed by atoms with van der Waals surface area (Å²) < 4.78 is 0. The van der Waals surface area contributed by atoms with Crippen LogP contribution in [0.4, 0.5) is 0 Å². The van der Waals surface area contributed by atoms with Crippen LogP contribution in [0.5, 0.6) is 0 Å². The molecule has 19 heavy (non-hydrogen) atoms. The number of nitrogens with two attached hydrogens (primary N) is 1. The summed E-state index contributed by atoms with van der Waals surface area (Å²) in [5, 5.41) is 0. The highest BCUT2D eigenvalue weighted by Gasteiger charge is 2.31. The first-order chi connectivity index (χ1) is 8.89. The van der Waals surface area contributed by atoms with Crippen molar-refractivity contribution in [3.63, 3.8) is 0 Å². The molecule has 3 heteroatoms. The standard InChI is InChI=1S/C16H24N2O/c1-16(2,3)14(17)15(19)18-10-6-9-12-7-4-5-8-13(12)11-18/h4-5,7-8,14H,6,9-11,17H2,1-3H3/t14-/m0/s1. The van der Waals surface area contributed by atoms with E-state index in [0.717, 1.165) is 19.4 Å². The van der Waals surface area contributed by atoms with E-state index in [1.807, 2.05) is 31.7 Å². The van der Waals surface area contributed by atoms with Crippen molar-refractivity contribution in [2.45, 2.75) is 46.2 Å². The lowest BCUT2D eigenvalue weighted by Crippen LogP contribution is -2.50. The average molecular weight is 260 g/mol. The lowest BCUT2D eigenvalue weighted by molar-refractivity contribution is -0.135. The Morgan fingerprint density at radius 3 is 2.53 bits per heavy atom. The third-order valence-electron chi connectivity index (χ3n) is 3.86. The molecule has 0 saturated carbocycles. The van der Waals surface area contributed by atoms with Gasteiger partial charge in [0.05, 0.1) is 6.04 Å². The highest BCUT2D eigenvalue weighted by molar-refractivity contribution is 5.82. The average Bonchev–Trinajstić information content (AvgIpc) is 2.57. The predicted octanol–water partition coefficient (Wildman–Crippen LogP) is 2.33. The summed E-state index contributed by atoms with van der Waals surface area (Å²) in [7, 11) is 0. The minimum atomic E-state index is -0.433. The Kier molecular flexibility index (Phi) is 3.95. The Bertz CT molecular complexity index is 462. The van der Waals surface area contributed by atoms with Gasteiger partial charge >= 0.3 is 0 Å². The van der Waals surface area contributed by atoms with Gasteiger partial charge in [-0.2, -0.15) is 0 Å². The molecule has 0 spiro atoms. The van der Waals surface area contributed by atoms with Gasteiger partial charge in [0.15, 0.2) is 0 Å². The number of amides is 1. The van der Waals surface area contributed by atoms with Gasteiger partial charge in [-0.05, 0) is 29.4 Å². The molecule has 2 rings (SSSR count). The van der Waals surface area contributed by atoms with Gasteiger partial charge in [0, 0.05) is 13.1 Å². The minimum absolute atomic E-state index is 0.0733. The van der Waals surface area contributed by atoms with Crippen LogP contribution >= 0.6 is 0 Å². The van der Waals surface area contributed by atoms with Crippen LogP contribution in [0.3, 0.4) is 0 Å². The highest BCUT2D eigenvalue weighted by Crippen LogP contribution is 2.23. The van der Waals surface area contributed by atoms with Crippen molar-refractivity contribution in [2.24, 2.45) is 11.1 Å². The van der Waals surface area contributed by atoms with Crippen molar-refractivity contribution in [1.82, 2.24) is 4.90 Å². The Hall–Kier alpha value is -1.35. The summed E-state index contributed by atoms with van der Waals surface area (Å²) in [5.74, 6) is 0.0733. The Morgan fingerprint density at radius 2 is 1.89 bits per heavy atom. The fraction of sp³-hybridized carbons (Fsp3) is 0.562. The summed E-state index contributed by atoms with van der Waals surface area (Å²) in [5.41, 5.74) is 8.54. The quantitative estimate of drug-likeness (QED) is 0.842. The third kappa shape index (κ3) is 3.16. The number of hydrogen-bond donors (Lipinski definition) is 1. The first kappa shape index (κ1) is 14.1. The van der Waals surface area contributed by atoms with Crippen molar-refractivity contribution < 1.29 is 4.79 Å². The molecular formula is C16H24N2O. The van der Waals surface area contributed by atoms with Crippen molar-refractivity contribution >= 4 is 5.91 Å². The van der Waals surface area contributed by atoms with Crippen LogP contribution in [0, 0.1) is 5.41 Å². The van der Waals surface area contributed by atoms with Crippen LogP contribution in [0.2, 0.25) is 0 Å². The molecule has 1 atom stereocenters. The van der Waals surface area contributed by atoms with Crippen LogP contribution in [-0.2, 0) is 17.8 Å². The van der Waals surface area contributed by atoms with E-state index in [9.17, 15) is 4.79 Å². The largest absolute Gasteiger partial charge is 0.337 e. The Balaban J connectivity index is 2.17. The molecule has 1 amide bonds. The molecule has 1 aromatic rings. The van der Waals surface area contributed by atoms with Crippen molar-refractivity contribution in [2.75, 3.05) is 6.54 Å².